The molecule has 0 radical (unpaired) electrons. The second kappa shape index (κ2) is 10.6. The lowest BCUT2D eigenvalue weighted by Gasteiger charge is -2.29. The Morgan fingerprint density at radius 2 is 1.61 bits per heavy atom. The van der Waals surface area contributed by atoms with Gasteiger partial charge in [0, 0.05) is 6.54 Å². The molecule has 0 bridgehead atoms. The average Bonchev–Trinajstić information content (AvgIpc) is 3.41. The molecular weight excluding hydrogens is 414 g/mol. The van der Waals surface area contributed by atoms with Gasteiger partial charge in [0.15, 0.2) is 17.3 Å². The van der Waals surface area contributed by atoms with Crippen LogP contribution in [-0.4, -0.2) is 17.9 Å². The number of amides is 1. The van der Waals surface area contributed by atoms with Gasteiger partial charge in [-0.1, -0.05) is 66.7 Å². The number of rotatable bonds is 9. The molecule has 33 heavy (non-hydrogen) atoms. The summed E-state index contributed by atoms with van der Waals surface area (Å²) < 4.78 is 17.0. The highest BCUT2D eigenvalue weighted by Gasteiger charge is 2.25. The summed E-state index contributed by atoms with van der Waals surface area (Å²) in [5.41, 5.74) is 3.05. The molecule has 0 fully saturated rings. The van der Waals surface area contributed by atoms with Crippen LogP contribution in [0.4, 0.5) is 0 Å². The highest BCUT2D eigenvalue weighted by molar-refractivity contribution is 5.91. The predicted molar refractivity (Wildman–Crippen MR) is 127 cm³/mol. The Bertz CT molecular complexity index is 1160. The fourth-order valence-electron chi connectivity index (χ4n) is 3.70. The van der Waals surface area contributed by atoms with Crippen LogP contribution in [0.15, 0.2) is 102 Å². The number of hydrogen-bond acceptors (Lipinski definition) is 4. The van der Waals surface area contributed by atoms with Crippen LogP contribution in [0, 0.1) is 0 Å². The van der Waals surface area contributed by atoms with Gasteiger partial charge < -0.3 is 18.8 Å². The average molecular weight is 442 g/mol. The molecule has 4 aromatic rings. The Labute approximate surface area is 194 Å². The Morgan fingerprint density at radius 1 is 0.879 bits per heavy atom. The molecule has 3 aromatic carbocycles. The largest absolute Gasteiger partial charge is 0.493 e. The molecule has 0 aliphatic carbocycles. The molecule has 5 nitrogen and oxygen atoms in total. The summed E-state index contributed by atoms with van der Waals surface area (Å²) in [6.45, 7) is 2.84. The van der Waals surface area contributed by atoms with Gasteiger partial charge in [-0.3, -0.25) is 4.79 Å². The Balaban J connectivity index is 1.60. The van der Waals surface area contributed by atoms with E-state index in [1.807, 2.05) is 85.8 Å². The van der Waals surface area contributed by atoms with Gasteiger partial charge in [-0.25, -0.2) is 0 Å². The first-order valence-electron chi connectivity index (χ1n) is 10.9. The Morgan fingerprint density at radius 3 is 2.27 bits per heavy atom. The zero-order valence-corrected chi connectivity index (χ0v) is 18.8. The molecule has 1 amide bonds. The molecule has 4 rings (SSSR count). The molecule has 0 spiro atoms. The third kappa shape index (κ3) is 5.44. The summed E-state index contributed by atoms with van der Waals surface area (Å²) in [6.07, 6.45) is 1.52. The molecular formula is C28H27NO4. The number of ether oxygens (including phenoxy) is 2. The molecule has 1 aromatic heterocycles. The van der Waals surface area contributed by atoms with Crippen molar-refractivity contribution in [2.24, 2.45) is 0 Å². The van der Waals surface area contributed by atoms with Crippen LogP contribution in [-0.2, 0) is 13.2 Å². The SMILES string of the molecule is COc1ccc(CN(C(=O)c2ccco2)C(C)c2ccccc2)cc1OCc1ccccc1. The first-order valence-corrected chi connectivity index (χ1v) is 10.9. The fourth-order valence-corrected chi connectivity index (χ4v) is 3.70. The van der Waals surface area contributed by atoms with Crippen molar-refractivity contribution >= 4 is 5.91 Å². The molecule has 0 saturated heterocycles. The number of carbonyl (C=O) groups is 1. The minimum Gasteiger partial charge on any atom is -0.493 e. The van der Waals surface area contributed by atoms with E-state index >= 15 is 0 Å². The molecule has 1 atom stereocenters. The van der Waals surface area contributed by atoms with Gasteiger partial charge in [0.25, 0.3) is 5.91 Å². The van der Waals surface area contributed by atoms with Crippen molar-refractivity contribution in [2.45, 2.75) is 26.1 Å². The second-order valence-corrected chi connectivity index (χ2v) is 7.76. The highest BCUT2D eigenvalue weighted by Crippen LogP contribution is 2.31. The summed E-state index contributed by atoms with van der Waals surface area (Å²) in [5, 5.41) is 0. The Kier molecular flexibility index (Phi) is 7.10. The summed E-state index contributed by atoms with van der Waals surface area (Å²) in [7, 11) is 1.62. The number of methoxy groups -OCH3 is 1. The van der Waals surface area contributed by atoms with Crippen LogP contribution in [0.25, 0.3) is 0 Å². The molecule has 0 aliphatic rings. The van der Waals surface area contributed by atoms with Crippen molar-refractivity contribution in [1.29, 1.82) is 0 Å². The molecule has 1 unspecified atom stereocenters. The summed E-state index contributed by atoms with van der Waals surface area (Å²) in [5.74, 6) is 1.43. The standard InChI is InChI=1S/C28H27NO4/c1-21(24-12-7-4-8-13-24)29(28(30)26-14-9-17-32-26)19-23-15-16-25(31-2)27(18-23)33-20-22-10-5-3-6-11-22/h3-18,21H,19-20H2,1-2H3. The quantitative estimate of drug-likeness (QED) is 0.307. The van der Waals surface area contributed by atoms with Crippen molar-refractivity contribution in [3.05, 3.63) is 120 Å². The highest BCUT2D eigenvalue weighted by atomic mass is 16.5. The van der Waals surface area contributed by atoms with Gasteiger partial charge in [0.1, 0.15) is 6.61 Å². The number of nitrogens with zero attached hydrogens (tertiary/aromatic N) is 1. The summed E-state index contributed by atoms with van der Waals surface area (Å²) in [6, 6.07) is 29.0. The van der Waals surface area contributed by atoms with Crippen LogP contribution in [0.1, 0.15) is 40.2 Å². The maximum absolute atomic E-state index is 13.3. The summed E-state index contributed by atoms with van der Waals surface area (Å²) in [4.78, 5) is 15.1. The molecule has 0 saturated carbocycles. The third-order valence-corrected chi connectivity index (χ3v) is 5.56. The first kappa shape index (κ1) is 22.2. The van der Waals surface area contributed by atoms with Gasteiger partial charge in [-0.05, 0) is 47.9 Å². The van der Waals surface area contributed by atoms with Crippen molar-refractivity contribution in [3.8, 4) is 11.5 Å². The number of hydrogen-bond donors (Lipinski definition) is 0. The normalized spacial score (nSPS) is 11.6. The van der Waals surface area contributed by atoms with E-state index in [1.165, 1.54) is 6.26 Å². The van der Waals surface area contributed by atoms with E-state index in [2.05, 4.69) is 0 Å². The van der Waals surface area contributed by atoms with Crippen molar-refractivity contribution in [3.63, 3.8) is 0 Å². The van der Waals surface area contributed by atoms with E-state index in [-0.39, 0.29) is 11.9 Å². The van der Waals surface area contributed by atoms with Crippen molar-refractivity contribution in [2.75, 3.05) is 7.11 Å². The lowest BCUT2D eigenvalue weighted by atomic mass is 10.1. The minimum absolute atomic E-state index is 0.153. The van der Waals surface area contributed by atoms with E-state index in [1.54, 1.807) is 24.1 Å². The zero-order valence-electron chi connectivity index (χ0n) is 18.8. The van der Waals surface area contributed by atoms with E-state index in [0.29, 0.717) is 30.4 Å². The lowest BCUT2D eigenvalue weighted by Crippen LogP contribution is -2.33. The molecule has 1 heterocycles. The fraction of sp³-hybridized carbons (Fsp3) is 0.179. The van der Waals surface area contributed by atoms with Gasteiger partial charge in [0.05, 0.1) is 19.4 Å². The van der Waals surface area contributed by atoms with Gasteiger partial charge in [0.2, 0.25) is 0 Å². The lowest BCUT2D eigenvalue weighted by molar-refractivity contribution is 0.0641. The molecule has 0 aliphatic heterocycles. The van der Waals surface area contributed by atoms with Gasteiger partial charge >= 0.3 is 0 Å². The topological polar surface area (TPSA) is 51.9 Å². The van der Waals surface area contributed by atoms with E-state index in [9.17, 15) is 4.79 Å². The van der Waals surface area contributed by atoms with Crippen LogP contribution in [0.2, 0.25) is 0 Å². The smallest absolute Gasteiger partial charge is 0.290 e. The van der Waals surface area contributed by atoms with Crippen LogP contribution >= 0.6 is 0 Å². The summed E-state index contributed by atoms with van der Waals surface area (Å²) >= 11 is 0. The molecule has 5 heteroatoms. The predicted octanol–water partition coefficient (Wildman–Crippen LogP) is 6.27. The number of furan rings is 1. The third-order valence-electron chi connectivity index (χ3n) is 5.56. The van der Waals surface area contributed by atoms with E-state index < -0.39 is 0 Å². The maximum atomic E-state index is 13.3. The van der Waals surface area contributed by atoms with Crippen molar-refractivity contribution in [1.82, 2.24) is 4.90 Å². The minimum atomic E-state index is -0.168. The van der Waals surface area contributed by atoms with Gasteiger partial charge in [-0.15, -0.1) is 0 Å². The Hall–Kier alpha value is -3.99. The van der Waals surface area contributed by atoms with Crippen LogP contribution in [0.3, 0.4) is 0 Å². The second-order valence-electron chi connectivity index (χ2n) is 7.76. The maximum Gasteiger partial charge on any atom is 0.290 e. The molecule has 168 valence electrons. The zero-order chi connectivity index (χ0) is 23.0. The monoisotopic (exact) mass is 441 g/mol. The van der Waals surface area contributed by atoms with Gasteiger partial charge in [-0.2, -0.15) is 0 Å². The molecule has 0 N–H and O–H groups in total. The van der Waals surface area contributed by atoms with Crippen LogP contribution in [0.5, 0.6) is 11.5 Å². The number of benzene rings is 3. The number of carbonyl (C=O) groups excluding carboxylic acids is 1. The first-order chi connectivity index (χ1) is 16.2. The van der Waals surface area contributed by atoms with Crippen molar-refractivity contribution < 1.29 is 18.7 Å². The van der Waals surface area contributed by atoms with E-state index in [4.69, 9.17) is 13.9 Å². The van der Waals surface area contributed by atoms with E-state index in [0.717, 1.165) is 16.7 Å². The van der Waals surface area contributed by atoms with Crippen LogP contribution < -0.4 is 9.47 Å².